The van der Waals surface area contributed by atoms with Gasteiger partial charge >= 0.3 is 18.3 Å². The molecule has 2 aliphatic carbocycles. The molecule has 11 atom stereocenters. The van der Waals surface area contributed by atoms with E-state index in [0.29, 0.717) is 94.9 Å². The summed E-state index contributed by atoms with van der Waals surface area (Å²) in [6.45, 7) is 7.59. The Morgan fingerprint density at radius 1 is 0.577 bits per heavy atom. The zero-order chi connectivity index (χ0) is 68.5. The molecule has 4 N–H and O–H groups in total. The van der Waals surface area contributed by atoms with Gasteiger partial charge in [0.1, 0.15) is 44.2 Å². The Hall–Kier alpha value is -6.08. The molecule has 4 saturated heterocycles. The second-order valence-corrected chi connectivity index (χ2v) is 30.2. The SMILES string of the molecule is CC(C)(C)OC(=O)N[C@@H](Cc1ccccc1)[C@H](O)CN(OC1CCCC1)S(=O)(=O)c1ccc2c(c1)OCCO2.O=C(N[C@@H](Cc1ccccc1)[C@H](O)CN(OC1CCCC1)S(=O)(=O)c1ccc2c(c1)OCCO2)OC1CO[C@H]2OCC[C@@H]12.O=C(OP=NP)OC1CO[C@H]2OCC[C@@H]12. The summed E-state index contributed by atoms with van der Waals surface area (Å²) >= 11 is 0. The largest absolute Gasteiger partial charge is 0.518 e. The molecular weight excluding hydrogens is 1340 g/mol. The zero-order valence-corrected chi connectivity index (χ0v) is 58.1. The van der Waals surface area contributed by atoms with Crippen molar-refractivity contribution < 1.29 is 108 Å². The van der Waals surface area contributed by atoms with E-state index in [1.807, 2.05) is 60.7 Å². The number of carbonyl (C=O) groups is 3. The molecule has 0 bridgehead atoms. The molecule has 0 spiro atoms. The molecule has 32 heteroatoms. The Morgan fingerprint density at radius 3 is 1.43 bits per heavy atom. The summed E-state index contributed by atoms with van der Waals surface area (Å²) in [5.74, 6) is 1.68. The number of rotatable bonds is 23. The van der Waals surface area contributed by atoms with E-state index in [-0.39, 0.29) is 80.6 Å². The van der Waals surface area contributed by atoms with Crippen LogP contribution >= 0.6 is 18.0 Å². The standard InChI is InChI=1S/C30H38N2O10S.C28H38N2O8S.C7H11NO5P2/c33-25(24(16-20-6-2-1-3-7-20)31-30(34)41-28-19-40-29-23(28)12-13-39-29)18-32(42-21-8-4-5-9-21)43(35,36)22-10-11-26-27(17-22)38-15-14-37-26;1-28(2,3)37-27(32)29-23(17-20-9-5-4-6-10-20)24(31)19-30(38-21-11-7-8-12-21)39(33,34)22-13-14-25-26(18-22)36-16-15-35-25;9-7(13-15-8-14)12-5-3-11-6-4(5)1-2-10-6/h1-3,6-7,10-11,17,21,23-25,28-29,33H,4-5,8-9,12-16,18-19H2,(H,31,34);4-6,9-10,13-14,18,21,23-24,31H,7-8,11-12,15-17,19H2,1-3H3,(H,29,32);4-6H,1-3,14H2/t23-,24-,25+,28?,29+;23-,24+;4-,5?,6+/m000/s1. The number of ether oxygens (including phenoxy) is 11. The van der Waals surface area contributed by atoms with E-state index in [9.17, 15) is 41.4 Å². The fourth-order valence-electron chi connectivity index (χ4n) is 12.3. The van der Waals surface area contributed by atoms with Gasteiger partial charge in [0.05, 0.1) is 97.6 Å². The van der Waals surface area contributed by atoms with Gasteiger partial charge in [0.2, 0.25) is 0 Å². The molecule has 2 amide bonds. The van der Waals surface area contributed by atoms with Crippen LogP contribution in [0.5, 0.6) is 23.0 Å². The van der Waals surface area contributed by atoms with Crippen LogP contribution in [0, 0.1) is 11.8 Å². The highest BCUT2D eigenvalue weighted by atomic mass is 32.2. The lowest BCUT2D eigenvalue weighted by Crippen LogP contribution is -2.51. The minimum absolute atomic E-state index is 0.0448. The van der Waals surface area contributed by atoms with Gasteiger partial charge in [-0.15, -0.1) is 0 Å². The van der Waals surface area contributed by atoms with E-state index in [1.54, 1.807) is 32.9 Å². The van der Waals surface area contributed by atoms with Gasteiger partial charge in [-0.3, -0.25) is 9.68 Å². The molecule has 532 valence electrons. The third-order valence-electron chi connectivity index (χ3n) is 17.1. The Bertz CT molecular complexity index is 3480. The fraction of sp³-hybridized carbons (Fsp3) is 0.585. The fourth-order valence-corrected chi connectivity index (χ4v) is 15.2. The summed E-state index contributed by atoms with van der Waals surface area (Å²) < 4.78 is 126. The monoisotopic (exact) mass is 1430 g/mol. The average Bonchev–Trinajstić information content (AvgIpc) is 1.66. The van der Waals surface area contributed by atoms with Crippen LogP contribution in [-0.2, 0) is 80.2 Å². The number of fused-ring (bicyclic) bond motifs is 4. The van der Waals surface area contributed by atoms with Gasteiger partial charge in [-0.05, 0) is 117 Å². The molecule has 97 heavy (non-hydrogen) atoms. The second-order valence-electron chi connectivity index (χ2n) is 25.3. The minimum Gasteiger partial charge on any atom is -0.486 e. The lowest BCUT2D eigenvalue weighted by molar-refractivity contribution is -0.145. The third kappa shape index (κ3) is 20.8. The first-order valence-corrected chi connectivity index (χ1v) is 36.9. The van der Waals surface area contributed by atoms with Gasteiger partial charge in [-0.25, -0.2) is 35.7 Å². The Morgan fingerprint density at radius 2 is 1.00 bits per heavy atom. The Balaban J connectivity index is 0.000000174. The molecule has 4 aromatic carbocycles. The number of carbonyl (C=O) groups excluding carboxylic acids is 3. The molecule has 3 unspecified atom stereocenters. The number of aliphatic hydroxyl groups excluding tert-OH is 2. The van der Waals surface area contributed by atoms with Crippen molar-refractivity contribution in [3.8, 4) is 23.0 Å². The normalized spacial score (nSPS) is 23.4. The highest BCUT2D eigenvalue weighted by Gasteiger charge is 2.46. The molecule has 12 rings (SSSR count). The number of hydroxylamine groups is 2. The number of sulfonamides is 2. The molecule has 2 saturated carbocycles. The smallest absolute Gasteiger partial charge is 0.486 e. The summed E-state index contributed by atoms with van der Waals surface area (Å²) in [6, 6.07) is 25.7. The van der Waals surface area contributed by atoms with Crippen molar-refractivity contribution in [1.82, 2.24) is 19.6 Å². The lowest BCUT2D eigenvalue weighted by atomic mass is 10.0. The molecule has 0 radical (unpaired) electrons. The second kappa shape index (κ2) is 34.8. The summed E-state index contributed by atoms with van der Waals surface area (Å²) in [4.78, 5) is 48.8. The predicted octanol–water partition coefficient (Wildman–Crippen LogP) is 8.34. The lowest BCUT2D eigenvalue weighted by Gasteiger charge is -2.31. The van der Waals surface area contributed by atoms with Gasteiger partial charge in [-0.1, -0.05) is 95.3 Å². The average molecular weight is 1430 g/mol. The molecule has 4 aromatic rings. The predicted molar refractivity (Wildman–Crippen MR) is 350 cm³/mol. The topological polar surface area (TPSA) is 332 Å². The summed E-state index contributed by atoms with van der Waals surface area (Å²) in [6.07, 6.45) is 1.88. The van der Waals surface area contributed by atoms with Gasteiger partial charge in [0.15, 0.2) is 35.6 Å². The minimum atomic E-state index is -4.24. The maximum Gasteiger partial charge on any atom is 0.518 e. The van der Waals surface area contributed by atoms with Crippen molar-refractivity contribution in [3.05, 3.63) is 108 Å². The van der Waals surface area contributed by atoms with Crippen LogP contribution in [0.4, 0.5) is 14.4 Å². The maximum absolute atomic E-state index is 13.9. The van der Waals surface area contributed by atoms with Gasteiger partial charge in [0, 0.05) is 12.1 Å². The maximum atomic E-state index is 13.9. The van der Waals surface area contributed by atoms with Crippen LogP contribution in [0.2, 0.25) is 0 Å². The third-order valence-corrected chi connectivity index (χ3v) is 21.0. The molecular formula is C65H87N5O23P2S2. The van der Waals surface area contributed by atoms with Crippen LogP contribution in [0.15, 0.2) is 111 Å². The van der Waals surface area contributed by atoms with Crippen LogP contribution < -0.4 is 29.6 Å². The zero-order valence-electron chi connectivity index (χ0n) is 54.4. The van der Waals surface area contributed by atoms with Crippen LogP contribution in [0.25, 0.3) is 0 Å². The summed E-state index contributed by atoms with van der Waals surface area (Å²) in [5, 5.41) is 28.4. The number of nitrogens with one attached hydrogen (secondary N) is 2. The van der Waals surface area contributed by atoms with E-state index in [0.717, 1.165) is 58.6 Å². The van der Waals surface area contributed by atoms with E-state index < -0.39 is 87.5 Å². The first kappa shape index (κ1) is 73.6. The van der Waals surface area contributed by atoms with E-state index in [1.165, 1.54) is 24.3 Å². The van der Waals surface area contributed by atoms with Crippen LogP contribution in [-0.4, -0.2) is 187 Å². The Kier molecular flexibility index (Phi) is 26.4. The summed E-state index contributed by atoms with van der Waals surface area (Å²) in [7, 11) is -6.14. The number of aliphatic hydroxyl groups is 2. The van der Waals surface area contributed by atoms with E-state index in [4.69, 9.17) is 61.8 Å². The van der Waals surface area contributed by atoms with Gasteiger partial charge < -0.3 is 77.5 Å². The number of hydrogen-bond acceptors (Lipinski definition) is 24. The van der Waals surface area contributed by atoms with Crippen LogP contribution in [0.1, 0.15) is 96.1 Å². The van der Waals surface area contributed by atoms with Gasteiger partial charge in [0.25, 0.3) is 28.6 Å². The van der Waals surface area contributed by atoms with Crippen molar-refractivity contribution in [3.63, 3.8) is 0 Å². The number of nitrogens with zero attached hydrogens (tertiary/aromatic N) is 3. The van der Waals surface area contributed by atoms with Crippen molar-refractivity contribution in [2.45, 2.75) is 175 Å². The molecule has 8 aliphatic rings. The molecule has 6 heterocycles. The summed E-state index contributed by atoms with van der Waals surface area (Å²) in [5.41, 5.74) is 0.958. The van der Waals surface area contributed by atoms with Crippen molar-refractivity contribution in [2.75, 3.05) is 65.9 Å². The molecule has 0 aromatic heterocycles. The number of benzene rings is 4. The highest BCUT2D eigenvalue weighted by Crippen LogP contribution is 2.38. The van der Waals surface area contributed by atoms with E-state index in [2.05, 4.69) is 29.1 Å². The number of amides is 2. The first-order valence-electron chi connectivity index (χ1n) is 32.7. The molecule has 28 nitrogen and oxygen atoms in total. The first-order chi connectivity index (χ1) is 46.7. The van der Waals surface area contributed by atoms with Gasteiger partial charge in [-0.2, -0.15) is 0 Å². The van der Waals surface area contributed by atoms with Crippen molar-refractivity contribution in [1.29, 1.82) is 0 Å². The molecule has 6 aliphatic heterocycles. The van der Waals surface area contributed by atoms with Crippen LogP contribution in [0.3, 0.4) is 0 Å². The van der Waals surface area contributed by atoms with Crippen molar-refractivity contribution >= 4 is 56.4 Å². The number of alkyl carbamates (subject to hydrolysis) is 2. The molecule has 6 fully saturated rings. The van der Waals surface area contributed by atoms with E-state index >= 15 is 0 Å². The number of hydrogen-bond donors (Lipinski definition) is 4. The Labute approximate surface area is 569 Å². The highest BCUT2D eigenvalue weighted by molar-refractivity contribution is 7.89. The van der Waals surface area contributed by atoms with Crippen molar-refractivity contribution in [2.24, 2.45) is 16.4 Å². The quantitative estimate of drug-likeness (QED) is 0.0234.